The molecule has 1 saturated heterocycles. The molecule has 0 radical (unpaired) electrons. The van der Waals surface area contributed by atoms with Gasteiger partial charge in [0.05, 0.1) is 5.02 Å². The van der Waals surface area contributed by atoms with E-state index in [1.807, 2.05) is 55.5 Å². The molecule has 1 aliphatic rings. The first kappa shape index (κ1) is 20.9. The number of hydrogen-bond acceptors (Lipinski definition) is 5. The van der Waals surface area contributed by atoms with Crippen LogP contribution < -0.4 is 9.47 Å². The fourth-order valence-electron chi connectivity index (χ4n) is 3.30. The average molecular weight is 405 g/mol. The molecular weight excluding hydrogens is 376 g/mol. The van der Waals surface area contributed by atoms with E-state index < -0.39 is 6.10 Å². The van der Waals surface area contributed by atoms with E-state index in [2.05, 4.69) is 9.80 Å². The molecule has 6 heteroatoms. The Morgan fingerprint density at radius 3 is 2.29 bits per heavy atom. The second kappa shape index (κ2) is 10.7. The van der Waals surface area contributed by atoms with E-state index in [9.17, 15) is 5.11 Å². The maximum Gasteiger partial charge on any atom is 0.137 e. The van der Waals surface area contributed by atoms with Gasteiger partial charge in [-0.2, -0.15) is 0 Å². The molecule has 3 rings (SSSR count). The first-order valence-corrected chi connectivity index (χ1v) is 10.2. The van der Waals surface area contributed by atoms with Crippen LogP contribution in [-0.4, -0.2) is 73.5 Å². The van der Waals surface area contributed by atoms with Crippen LogP contribution in [0.1, 0.15) is 5.56 Å². The minimum absolute atomic E-state index is 0.316. The Bertz CT molecular complexity index is 735. The first-order chi connectivity index (χ1) is 13.6. The number of aliphatic hydroxyl groups excluding tert-OH is 1. The minimum atomic E-state index is -0.491. The number of rotatable bonds is 9. The first-order valence-electron chi connectivity index (χ1n) is 9.80. The van der Waals surface area contributed by atoms with E-state index in [0.717, 1.165) is 49.8 Å². The molecule has 0 spiro atoms. The second-order valence-electron chi connectivity index (χ2n) is 7.15. The number of hydrogen-bond donors (Lipinski definition) is 1. The van der Waals surface area contributed by atoms with Gasteiger partial charge in [0.25, 0.3) is 0 Å². The number of β-amino-alcohol motifs (C(OH)–C–C–N with tert-alkyl or cyclic N) is 1. The lowest BCUT2D eigenvalue weighted by molar-refractivity contribution is 0.0435. The maximum atomic E-state index is 10.3. The van der Waals surface area contributed by atoms with Gasteiger partial charge in [0, 0.05) is 39.3 Å². The molecule has 28 heavy (non-hydrogen) atoms. The summed E-state index contributed by atoms with van der Waals surface area (Å²) in [6.07, 6.45) is -0.491. The van der Waals surface area contributed by atoms with Crippen LogP contribution in [0.4, 0.5) is 0 Å². The summed E-state index contributed by atoms with van der Waals surface area (Å²) in [5.41, 5.74) is 1.09. The smallest absolute Gasteiger partial charge is 0.137 e. The highest BCUT2D eigenvalue weighted by Crippen LogP contribution is 2.23. The van der Waals surface area contributed by atoms with Crippen LogP contribution in [0.15, 0.2) is 48.5 Å². The Kier molecular flexibility index (Phi) is 7.98. The molecule has 2 aromatic carbocycles. The van der Waals surface area contributed by atoms with Gasteiger partial charge in [0.2, 0.25) is 0 Å². The van der Waals surface area contributed by atoms with Crippen LogP contribution in [0.5, 0.6) is 11.5 Å². The lowest BCUT2D eigenvalue weighted by Crippen LogP contribution is -2.50. The molecule has 1 heterocycles. The number of halogens is 1. The van der Waals surface area contributed by atoms with Crippen LogP contribution in [0.25, 0.3) is 0 Å². The predicted octanol–water partition coefficient (Wildman–Crippen LogP) is 3.08. The molecule has 152 valence electrons. The van der Waals surface area contributed by atoms with Crippen LogP contribution in [0, 0.1) is 6.92 Å². The summed E-state index contributed by atoms with van der Waals surface area (Å²) in [4.78, 5) is 4.67. The van der Waals surface area contributed by atoms with Crippen molar-refractivity contribution in [1.82, 2.24) is 9.80 Å². The van der Waals surface area contributed by atoms with Crippen molar-refractivity contribution >= 4 is 11.6 Å². The zero-order valence-corrected chi connectivity index (χ0v) is 17.1. The molecule has 0 aromatic heterocycles. The van der Waals surface area contributed by atoms with Crippen LogP contribution in [-0.2, 0) is 0 Å². The van der Waals surface area contributed by atoms with Gasteiger partial charge >= 0.3 is 0 Å². The Hall–Kier alpha value is -1.79. The maximum absolute atomic E-state index is 10.3. The summed E-state index contributed by atoms with van der Waals surface area (Å²) in [6, 6.07) is 15.4. The number of benzene rings is 2. The van der Waals surface area contributed by atoms with Gasteiger partial charge in [-0.15, -0.1) is 0 Å². The zero-order valence-electron chi connectivity index (χ0n) is 16.4. The standard InChI is InChI=1S/C22H29ClN2O3/c1-18-6-2-4-8-21(18)28-17-19(26)16-25-12-10-24(11-13-25)14-15-27-22-9-5-3-7-20(22)23/h2-9,19,26H,10-17H2,1H3. The van der Waals surface area contributed by atoms with Gasteiger partial charge in [0.15, 0.2) is 0 Å². The molecule has 2 aromatic rings. The molecule has 1 aliphatic heterocycles. The molecule has 5 nitrogen and oxygen atoms in total. The molecule has 0 saturated carbocycles. The summed E-state index contributed by atoms with van der Waals surface area (Å²) in [5.74, 6) is 1.57. The Morgan fingerprint density at radius 1 is 0.929 bits per heavy atom. The van der Waals surface area contributed by atoms with E-state index in [1.54, 1.807) is 0 Å². The number of aryl methyl sites for hydroxylation is 1. The highest BCUT2D eigenvalue weighted by atomic mass is 35.5. The van der Waals surface area contributed by atoms with E-state index in [1.165, 1.54) is 0 Å². The highest BCUT2D eigenvalue weighted by Gasteiger charge is 2.19. The lowest BCUT2D eigenvalue weighted by atomic mass is 10.2. The van der Waals surface area contributed by atoms with Gasteiger partial charge in [-0.3, -0.25) is 9.80 Å². The van der Waals surface area contributed by atoms with Crippen molar-refractivity contribution in [2.24, 2.45) is 0 Å². The van der Waals surface area contributed by atoms with Crippen molar-refractivity contribution in [2.75, 3.05) is 52.5 Å². The van der Waals surface area contributed by atoms with Crippen molar-refractivity contribution in [1.29, 1.82) is 0 Å². The van der Waals surface area contributed by atoms with E-state index in [4.69, 9.17) is 21.1 Å². The number of ether oxygens (including phenoxy) is 2. The van der Waals surface area contributed by atoms with Crippen LogP contribution in [0.2, 0.25) is 5.02 Å². The molecule has 1 fully saturated rings. The highest BCUT2D eigenvalue weighted by molar-refractivity contribution is 6.32. The topological polar surface area (TPSA) is 45.2 Å². The van der Waals surface area contributed by atoms with E-state index in [-0.39, 0.29) is 0 Å². The Labute approximate surface area is 172 Å². The largest absolute Gasteiger partial charge is 0.491 e. The van der Waals surface area contributed by atoms with Gasteiger partial charge in [-0.1, -0.05) is 41.9 Å². The summed E-state index contributed by atoms with van der Waals surface area (Å²) in [5, 5.41) is 10.9. The number of nitrogens with zero attached hydrogens (tertiary/aromatic N) is 2. The Balaban J connectivity index is 1.31. The van der Waals surface area contributed by atoms with Crippen molar-refractivity contribution < 1.29 is 14.6 Å². The van der Waals surface area contributed by atoms with Gasteiger partial charge in [0.1, 0.15) is 30.8 Å². The van der Waals surface area contributed by atoms with Crippen molar-refractivity contribution in [3.8, 4) is 11.5 Å². The van der Waals surface area contributed by atoms with Crippen LogP contribution >= 0.6 is 11.6 Å². The quantitative estimate of drug-likeness (QED) is 0.695. The van der Waals surface area contributed by atoms with Crippen LogP contribution in [0.3, 0.4) is 0 Å². The third-order valence-corrected chi connectivity index (χ3v) is 5.27. The average Bonchev–Trinajstić information content (AvgIpc) is 2.70. The zero-order chi connectivity index (χ0) is 19.8. The van der Waals surface area contributed by atoms with Gasteiger partial charge in [-0.05, 0) is 30.7 Å². The summed E-state index contributed by atoms with van der Waals surface area (Å²) in [7, 11) is 0. The SMILES string of the molecule is Cc1ccccc1OCC(O)CN1CCN(CCOc2ccccc2Cl)CC1. The third kappa shape index (κ3) is 6.38. The van der Waals surface area contributed by atoms with E-state index >= 15 is 0 Å². The summed E-state index contributed by atoms with van der Waals surface area (Å²) >= 11 is 6.11. The monoisotopic (exact) mass is 404 g/mol. The number of aliphatic hydroxyl groups is 1. The molecule has 0 aliphatic carbocycles. The van der Waals surface area contributed by atoms with Gasteiger partial charge in [-0.25, -0.2) is 0 Å². The van der Waals surface area contributed by atoms with Gasteiger partial charge < -0.3 is 14.6 Å². The minimum Gasteiger partial charge on any atom is -0.491 e. The van der Waals surface area contributed by atoms with Crippen molar-refractivity contribution in [3.63, 3.8) is 0 Å². The fourth-order valence-corrected chi connectivity index (χ4v) is 3.49. The molecule has 1 unspecified atom stereocenters. The third-order valence-electron chi connectivity index (χ3n) is 4.96. The predicted molar refractivity (Wildman–Crippen MR) is 113 cm³/mol. The van der Waals surface area contributed by atoms with Crippen molar-refractivity contribution in [3.05, 3.63) is 59.1 Å². The van der Waals surface area contributed by atoms with Crippen molar-refractivity contribution in [2.45, 2.75) is 13.0 Å². The molecule has 0 bridgehead atoms. The lowest BCUT2D eigenvalue weighted by Gasteiger charge is -2.35. The summed E-state index contributed by atoms with van der Waals surface area (Å²) in [6.45, 7) is 8.27. The molecule has 0 amide bonds. The number of para-hydroxylation sites is 2. The van der Waals surface area contributed by atoms with E-state index in [0.29, 0.717) is 24.8 Å². The molecular formula is C22H29ClN2O3. The number of piperazine rings is 1. The summed E-state index contributed by atoms with van der Waals surface area (Å²) < 4.78 is 11.5. The Morgan fingerprint density at radius 2 is 1.57 bits per heavy atom. The molecule has 1 N–H and O–H groups in total. The molecule has 1 atom stereocenters. The fraction of sp³-hybridized carbons (Fsp3) is 0.455. The normalized spacial score (nSPS) is 16.7. The second-order valence-corrected chi connectivity index (χ2v) is 7.56.